The molecule has 9 N–H and O–H groups in total. The number of ketones is 1. The van der Waals surface area contributed by atoms with Gasteiger partial charge in [0.15, 0.2) is 12.6 Å². The molecule has 21 atom stereocenters. The highest BCUT2D eigenvalue weighted by Gasteiger charge is 2.63. The van der Waals surface area contributed by atoms with Gasteiger partial charge in [-0.25, -0.2) is 0 Å². The molecular weight excluding hydrogens is 692 g/mol. The zero-order valence-electron chi connectivity index (χ0n) is 31.7. The fourth-order valence-corrected chi connectivity index (χ4v) is 11.9. The summed E-state index contributed by atoms with van der Waals surface area (Å²) in [7, 11) is 0. The quantitative estimate of drug-likeness (QED) is 0.121. The summed E-state index contributed by atoms with van der Waals surface area (Å²) in [6.45, 7) is 7.97. The Morgan fingerprint density at radius 3 is 1.98 bits per heavy atom. The Hall–Kier alpha value is -0.850. The van der Waals surface area contributed by atoms with E-state index in [1.54, 1.807) is 0 Å². The highest BCUT2D eigenvalue weighted by molar-refractivity contribution is 5.83. The van der Waals surface area contributed by atoms with Crippen LogP contribution in [0.3, 0.4) is 0 Å². The minimum atomic E-state index is -1.51. The van der Waals surface area contributed by atoms with Crippen LogP contribution < -0.4 is 0 Å². The molecule has 0 aromatic heterocycles. The van der Waals surface area contributed by atoms with E-state index in [1.807, 2.05) is 6.92 Å². The van der Waals surface area contributed by atoms with Crippen LogP contribution in [0, 0.1) is 52.3 Å². The molecule has 0 bridgehead atoms. The predicted octanol–water partition coefficient (Wildman–Crippen LogP) is 0.239. The first-order valence-corrected chi connectivity index (χ1v) is 20.1. The standard InChI is InChI=1S/C39H66O14/c1-18(17-50-36-34(48)32(46)30(44)28(15-40)52-36)5-8-26(42)19(2)22-6-7-23-21-14-27(43)25-13-20(9-11-39(25,4)24(21)10-12-38(22,23)3)51-37-35(49)33(47)31(45)29(16-41)53-37/h18-26,28-37,40-42,44-49H,5-17H2,1-4H3/t18?,19-,20?,21?,22?,23?,24?,25?,26?,28+,29+,30+,31+,32-,33-,34+,35+,36+,37+,38+,39+/m0/s1. The fourth-order valence-electron chi connectivity index (χ4n) is 11.9. The van der Waals surface area contributed by atoms with Crippen LogP contribution in [0.25, 0.3) is 0 Å². The number of ether oxygens (including phenoxy) is 4. The van der Waals surface area contributed by atoms with E-state index in [9.17, 15) is 50.8 Å². The Balaban J connectivity index is 1.02. The summed E-state index contributed by atoms with van der Waals surface area (Å²) in [4.78, 5) is 14.0. The highest BCUT2D eigenvalue weighted by Crippen LogP contribution is 2.68. The monoisotopic (exact) mass is 758 g/mol. The van der Waals surface area contributed by atoms with Gasteiger partial charge in [-0.1, -0.05) is 27.7 Å². The number of hydrogen-bond acceptors (Lipinski definition) is 14. The molecule has 6 fully saturated rings. The number of Topliss-reactive ketones (excluding diaryl/α,β-unsaturated/α-hetero) is 1. The molecule has 2 aliphatic heterocycles. The SMILES string of the molecule is CC(CCC(O)[C@@H](C)C1CCC2C3CC(=O)C4CC(O[C@@H]5O[C@H](CO)[C@@H](O)[C@H](O)[C@H]5O)CC[C@]4(C)C3CC[C@@]21C)CO[C@@H]1O[C@H](CO)[C@@H](O)[C@H](O)[C@H]1O. The fraction of sp³-hybridized carbons (Fsp3) is 0.974. The largest absolute Gasteiger partial charge is 0.394 e. The van der Waals surface area contributed by atoms with E-state index < -0.39 is 80.7 Å². The summed E-state index contributed by atoms with van der Waals surface area (Å²) in [5.74, 6) is 1.59. The number of rotatable bonds is 12. The molecule has 6 aliphatic rings. The zero-order valence-corrected chi connectivity index (χ0v) is 31.7. The average molecular weight is 759 g/mol. The number of carbonyl (C=O) groups excluding carboxylic acids is 1. The van der Waals surface area contributed by atoms with Crippen LogP contribution in [0.4, 0.5) is 0 Å². The lowest BCUT2D eigenvalue weighted by Crippen LogP contribution is -2.61. The number of carbonyl (C=O) groups is 1. The van der Waals surface area contributed by atoms with Gasteiger partial charge in [-0.2, -0.15) is 0 Å². The van der Waals surface area contributed by atoms with Crippen LogP contribution in [0.1, 0.15) is 91.9 Å². The molecular formula is C39H66O14. The van der Waals surface area contributed by atoms with Gasteiger partial charge in [0, 0.05) is 12.3 Å². The summed E-state index contributed by atoms with van der Waals surface area (Å²) in [6, 6.07) is 0. The molecule has 2 saturated heterocycles. The molecule has 8 unspecified atom stereocenters. The first kappa shape index (κ1) is 41.8. The minimum absolute atomic E-state index is 0.0196. The second kappa shape index (κ2) is 16.6. The first-order valence-electron chi connectivity index (χ1n) is 20.1. The van der Waals surface area contributed by atoms with E-state index in [0.717, 1.165) is 32.1 Å². The maximum Gasteiger partial charge on any atom is 0.186 e. The maximum atomic E-state index is 14.0. The molecule has 0 aromatic rings. The molecule has 0 radical (unpaired) electrons. The van der Waals surface area contributed by atoms with Gasteiger partial charge in [0.05, 0.1) is 32.0 Å². The highest BCUT2D eigenvalue weighted by atomic mass is 16.7. The second-order valence-electron chi connectivity index (χ2n) is 18.2. The van der Waals surface area contributed by atoms with Crippen LogP contribution in [0.5, 0.6) is 0 Å². The van der Waals surface area contributed by atoms with Crippen molar-refractivity contribution in [2.45, 2.75) is 166 Å². The van der Waals surface area contributed by atoms with Gasteiger partial charge in [0.2, 0.25) is 0 Å². The van der Waals surface area contributed by atoms with Crippen molar-refractivity contribution in [2.24, 2.45) is 52.3 Å². The van der Waals surface area contributed by atoms with Crippen LogP contribution in [0.2, 0.25) is 0 Å². The molecule has 14 heteroatoms. The van der Waals surface area contributed by atoms with E-state index >= 15 is 0 Å². The molecule has 2 heterocycles. The third-order valence-corrected chi connectivity index (χ3v) is 15.2. The Kier molecular flexibility index (Phi) is 13.0. The van der Waals surface area contributed by atoms with Crippen LogP contribution in [-0.2, 0) is 23.7 Å². The lowest BCUT2D eigenvalue weighted by molar-refractivity contribution is -0.315. The average Bonchev–Trinajstić information content (AvgIpc) is 3.50. The predicted molar refractivity (Wildman–Crippen MR) is 188 cm³/mol. The molecule has 6 rings (SSSR count). The smallest absolute Gasteiger partial charge is 0.186 e. The van der Waals surface area contributed by atoms with Crippen LogP contribution in [-0.4, -0.2) is 145 Å². The molecule has 4 saturated carbocycles. The maximum absolute atomic E-state index is 14.0. The van der Waals surface area contributed by atoms with Crippen molar-refractivity contribution in [3.05, 3.63) is 0 Å². The lowest BCUT2D eigenvalue weighted by Gasteiger charge is -2.60. The van der Waals surface area contributed by atoms with E-state index in [2.05, 4.69) is 20.8 Å². The van der Waals surface area contributed by atoms with E-state index in [-0.39, 0.29) is 47.1 Å². The number of fused-ring (bicyclic) bond motifs is 5. The first-order chi connectivity index (χ1) is 25.0. The van der Waals surface area contributed by atoms with Crippen LogP contribution >= 0.6 is 0 Å². The third-order valence-electron chi connectivity index (χ3n) is 15.2. The molecule has 0 spiro atoms. The molecule has 4 aliphatic carbocycles. The zero-order chi connectivity index (χ0) is 38.6. The van der Waals surface area contributed by atoms with Crippen molar-refractivity contribution >= 4 is 5.78 Å². The Bertz CT molecular complexity index is 1240. The van der Waals surface area contributed by atoms with E-state index in [0.29, 0.717) is 55.8 Å². The van der Waals surface area contributed by atoms with Gasteiger partial charge in [-0.3, -0.25) is 4.79 Å². The van der Waals surface area contributed by atoms with Gasteiger partial charge >= 0.3 is 0 Å². The molecule has 0 amide bonds. The van der Waals surface area contributed by atoms with Gasteiger partial charge in [-0.15, -0.1) is 0 Å². The summed E-state index contributed by atoms with van der Waals surface area (Å²) in [5, 5.41) is 91.8. The molecule has 53 heavy (non-hydrogen) atoms. The molecule has 0 aromatic carbocycles. The second-order valence-corrected chi connectivity index (χ2v) is 18.2. The lowest BCUT2D eigenvalue weighted by atomic mass is 9.44. The number of hydrogen-bond donors (Lipinski definition) is 9. The van der Waals surface area contributed by atoms with Gasteiger partial charge in [0.25, 0.3) is 0 Å². The van der Waals surface area contributed by atoms with Gasteiger partial charge < -0.3 is 64.9 Å². The number of aliphatic hydroxyl groups is 9. The summed E-state index contributed by atoms with van der Waals surface area (Å²) < 4.78 is 23.0. The Labute approximate surface area is 312 Å². The van der Waals surface area contributed by atoms with Gasteiger partial charge in [0.1, 0.15) is 54.6 Å². The summed E-state index contributed by atoms with van der Waals surface area (Å²) in [6.07, 6.45) is -6.23. The Morgan fingerprint density at radius 1 is 0.755 bits per heavy atom. The third kappa shape index (κ3) is 7.76. The molecule has 306 valence electrons. The van der Waals surface area contributed by atoms with Crippen molar-refractivity contribution in [2.75, 3.05) is 19.8 Å². The minimum Gasteiger partial charge on any atom is -0.394 e. The summed E-state index contributed by atoms with van der Waals surface area (Å²) >= 11 is 0. The normalized spacial score (nSPS) is 50.5. The van der Waals surface area contributed by atoms with Crippen molar-refractivity contribution in [1.29, 1.82) is 0 Å². The van der Waals surface area contributed by atoms with Gasteiger partial charge in [-0.05, 0) is 104 Å². The van der Waals surface area contributed by atoms with E-state index in [4.69, 9.17) is 18.9 Å². The Morgan fingerprint density at radius 2 is 1.34 bits per heavy atom. The topological polar surface area (TPSA) is 236 Å². The summed E-state index contributed by atoms with van der Waals surface area (Å²) in [5.41, 5.74) is -0.153. The van der Waals surface area contributed by atoms with Crippen molar-refractivity contribution in [1.82, 2.24) is 0 Å². The van der Waals surface area contributed by atoms with Crippen molar-refractivity contribution < 1.29 is 69.7 Å². The number of aliphatic hydroxyl groups excluding tert-OH is 9. The van der Waals surface area contributed by atoms with Crippen molar-refractivity contribution in [3.8, 4) is 0 Å². The van der Waals surface area contributed by atoms with E-state index in [1.165, 1.54) is 0 Å². The van der Waals surface area contributed by atoms with Crippen LogP contribution in [0.15, 0.2) is 0 Å². The molecule has 14 nitrogen and oxygen atoms in total. The van der Waals surface area contributed by atoms with Crippen molar-refractivity contribution in [3.63, 3.8) is 0 Å².